The van der Waals surface area contributed by atoms with E-state index in [-0.39, 0.29) is 0 Å². The minimum atomic E-state index is 0.629. The minimum Gasteiger partial charge on any atom is -0.378 e. The van der Waals surface area contributed by atoms with Crippen LogP contribution in [0.1, 0.15) is 21.8 Å². The molecule has 2 aromatic heterocycles. The van der Waals surface area contributed by atoms with Crippen molar-refractivity contribution < 1.29 is 0 Å². The van der Waals surface area contributed by atoms with E-state index in [1.54, 1.807) is 11.3 Å². The second-order valence-corrected chi connectivity index (χ2v) is 6.92. The van der Waals surface area contributed by atoms with Crippen molar-refractivity contribution in [3.63, 3.8) is 0 Å². The first-order chi connectivity index (χ1) is 10.1. The highest BCUT2D eigenvalue weighted by Gasteiger charge is 2.11. The van der Waals surface area contributed by atoms with Gasteiger partial charge in [-0.05, 0) is 32.0 Å². The normalized spacial score (nSPS) is 10.8. The second kappa shape index (κ2) is 5.51. The molecule has 0 spiro atoms. The Morgan fingerprint density at radius 3 is 3.00 bits per heavy atom. The van der Waals surface area contributed by atoms with Gasteiger partial charge < -0.3 is 5.32 Å². The third-order valence-corrected chi connectivity index (χ3v) is 4.68. The molecule has 2 heterocycles. The number of anilines is 1. The Morgan fingerprint density at radius 2 is 2.24 bits per heavy atom. The Balaban J connectivity index is 1.90. The van der Waals surface area contributed by atoms with Gasteiger partial charge in [-0.3, -0.25) is 4.40 Å². The predicted molar refractivity (Wildman–Crippen MR) is 88.7 cm³/mol. The lowest BCUT2D eigenvalue weighted by Gasteiger charge is -2.08. The summed E-state index contributed by atoms with van der Waals surface area (Å²) in [6.45, 7) is 4.73. The van der Waals surface area contributed by atoms with Gasteiger partial charge in [-0.1, -0.05) is 15.9 Å². The van der Waals surface area contributed by atoms with Gasteiger partial charge in [-0.2, -0.15) is 5.26 Å². The third kappa shape index (κ3) is 2.67. The van der Waals surface area contributed by atoms with Crippen molar-refractivity contribution in [1.29, 1.82) is 5.26 Å². The zero-order chi connectivity index (χ0) is 15.0. The molecule has 106 valence electrons. The average Bonchev–Trinajstić information content (AvgIpc) is 2.93. The molecule has 0 unspecified atom stereocenters. The number of thiazole rings is 1. The molecular formula is C15H13BrN4S. The number of nitrogens with one attached hydrogen (secondary N) is 1. The van der Waals surface area contributed by atoms with Crippen LogP contribution in [0.3, 0.4) is 0 Å². The maximum atomic E-state index is 9.20. The molecule has 0 aliphatic carbocycles. The van der Waals surface area contributed by atoms with Crippen molar-refractivity contribution >= 4 is 37.9 Å². The highest BCUT2D eigenvalue weighted by atomic mass is 79.9. The predicted octanol–water partition coefficient (Wildman–Crippen LogP) is 4.26. The zero-order valence-electron chi connectivity index (χ0n) is 11.6. The van der Waals surface area contributed by atoms with E-state index in [0.29, 0.717) is 12.1 Å². The first-order valence-electron chi connectivity index (χ1n) is 6.46. The molecule has 0 amide bonds. The number of nitrogens with zero attached hydrogens (tertiary/aromatic N) is 3. The van der Waals surface area contributed by atoms with Gasteiger partial charge in [0.05, 0.1) is 29.2 Å². The Hall–Kier alpha value is -1.84. The lowest BCUT2D eigenvalue weighted by atomic mass is 10.2. The molecule has 0 aliphatic rings. The number of rotatable bonds is 3. The number of halogens is 1. The molecule has 0 bridgehead atoms. The van der Waals surface area contributed by atoms with Gasteiger partial charge >= 0.3 is 0 Å². The first kappa shape index (κ1) is 14.1. The fourth-order valence-electron chi connectivity index (χ4n) is 2.26. The lowest BCUT2D eigenvalue weighted by molar-refractivity contribution is 0.990. The minimum absolute atomic E-state index is 0.629. The number of aryl methyl sites for hydroxylation is 2. The van der Waals surface area contributed by atoms with Gasteiger partial charge in [-0.25, -0.2) is 4.98 Å². The summed E-state index contributed by atoms with van der Waals surface area (Å²) in [7, 11) is 0. The average molecular weight is 361 g/mol. The summed E-state index contributed by atoms with van der Waals surface area (Å²) in [6, 6.07) is 7.86. The van der Waals surface area contributed by atoms with Crippen LogP contribution in [-0.4, -0.2) is 9.38 Å². The molecule has 0 fully saturated rings. The van der Waals surface area contributed by atoms with Crippen LogP contribution in [0.2, 0.25) is 0 Å². The maximum absolute atomic E-state index is 9.20. The largest absolute Gasteiger partial charge is 0.378 e. The Kier molecular flexibility index (Phi) is 3.70. The molecule has 0 radical (unpaired) electrons. The summed E-state index contributed by atoms with van der Waals surface area (Å²) in [5.74, 6) is 0. The monoisotopic (exact) mass is 360 g/mol. The molecule has 0 atom stereocenters. The molecule has 0 saturated carbocycles. The number of nitriles is 1. The van der Waals surface area contributed by atoms with Gasteiger partial charge in [0.25, 0.3) is 0 Å². The Morgan fingerprint density at radius 1 is 1.43 bits per heavy atom. The standard InChI is InChI=1S/C15H13BrN4S/c1-9-8-20-14(10(2)19-15(20)21-9)7-18-13-4-3-12(16)5-11(13)6-17/h3-5,8,18H,7H2,1-2H3. The van der Waals surface area contributed by atoms with Crippen LogP contribution in [0.5, 0.6) is 0 Å². The summed E-state index contributed by atoms with van der Waals surface area (Å²) in [4.78, 5) is 6.82. The zero-order valence-corrected chi connectivity index (χ0v) is 14.0. The van der Waals surface area contributed by atoms with Gasteiger partial charge in [0.1, 0.15) is 6.07 Å². The number of aromatic nitrogens is 2. The van der Waals surface area contributed by atoms with Crippen LogP contribution in [0, 0.1) is 25.2 Å². The fourth-order valence-corrected chi connectivity index (χ4v) is 3.52. The number of benzene rings is 1. The molecule has 4 nitrogen and oxygen atoms in total. The maximum Gasteiger partial charge on any atom is 0.194 e. The Bertz CT molecular complexity index is 857. The van der Waals surface area contributed by atoms with E-state index in [1.165, 1.54) is 4.88 Å². The highest BCUT2D eigenvalue weighted by Crippen LogP contribution is 2.24. The SMILES string of the molecule is Cc1cn2c(CNc3ccc(Br)cc3C#N)c(C)nc2s1. The summed E-state index contributed by atoms with van der Waals surface area (Å²) < 4.78 is 3.02. The van der Waals surface area contributed by atoms with E-state index in [9.17, 15) is 5.26 Å². The summed E-state index contributed by atoms with van der Waals surface area (Å²) in [5, 5.41) is 12.5. The highest BCUT2D eigenvalue weighted by molar-refractivity contribution is 9.10. The molecule has 0 aliphatic heterocycles. The number of hydrogen-bond acceptors (Lipinski definition) is 4. The van der Waals surface area contributed by atoms with E-state index in [2.05, 4.69) is 49.8 Å². The van der Waals surface area contributed by atoms with Crippen molar-refractivity contribution in [2.45, 2.75) is 20.4 Å². The Labute approximate surface area is 135 Å². The molecule has 1 N–H and O–H groups in total. The molecule has 3 aromatic rings. The molecular weight excluding hydrogens is 348 g/mol. The van der Waals surface area contributed by atoms with Crippen LogP contribution in [-0.2, 0) is 6.54 Å². The smallest absolute Gasteiger partial charge is 0.194 e. The first-order valence-corrected chi connectivity index (χ1v) is 8.07. The van der Waals surface area contributed by atoms with Gasteiger partial charge in [0, 0.05) is 15.5 Å². The number of hydrogen-bond donors (Lipinski definition) is 1. The van der Waals surface area contributed by atoms with Crippen LogP contribution in [0.15, 0.2) is 28.9 Å². The summed E-state index contributed by atoms with van der Waals surface area (Å²) in [6.07, 6.45) is 2.10. The van der Waals surface area contributed by atoms with E-state index in [1.807, 2.05) is 25.1 Å². The third-order valence-electron chi connectivity index (χ3n) is 3.29. The molecule has 1 aromatic carbocycles. The van der Waals surface area contributed by atoms with Crippen LogP contribution >= 0.6 is 27.3 Å². The van der Waals surface area contributed by atoms with Crippen molar-refractivity contribution in [3.8, 4) is 6.07 Å². The summed E-state index contributed by atoms with van der Waals surface area (Å²) in [5.41, 5.74) is 3.61. The number of imidazole rings is 1. The number of fused-ring (bicyclic) bond motifs is 1. The van der Waals surface area contributed by atoms with Crippen LogP contribution < -0.4 is 5.32 Å². The van der Waals surface area contributed by atoms with Crippen LogP contribution in [0.4, 0.5) is 5.69 Å². The topological polar surface area (TPSA) is 53.1 Å². The van der Waals surface area contributed by atoms with E-state index < -0.39 is 0 Å². The van der Waals surface area contributed by atoms with E-state index >= 15 is 0 Å². The molecule has 21 heavy (non-hydrogen) atoms. The van der Waals surface area contributed by atoms with Gasteiger partial charge in [-0.15, -0.1) is 11.3 Å². The van der Waals surface area contributed by atoms with Crippen molar-refractivity contribution in [2.24, 2.45) is 0 Å². The van der Waals surface area contributed by atoms with Crippen LogP contribution in [0.25, 0.3) is 4.96 Å². The second-order valence-electron chi connectivity index (χ2n) is 4.79. The lowest BCUT2D eigenvalue weighted by Crippen LogP contribution is -2.05. The van der Waals surface area contributed by atoms with Crippen molar-refractivity contribution in [1.82, 2.24) is 9.38 Å². The van der Waals surface area contributed by atoms with Gasteiger partial charge in [0.2, 0.25) is 0 Å². The molecule has 6 heteroatoms. The van der Waals surface area contributed by atoms with Crippen molar-refractivity contribution in [2.75, 3.05) is 5.32 Å². The van der Waals surface area contributed by atoms with Gasteiger partial charge in [0.15, 0.2) is 4.96 Å². The molecule has 0 saturated heterocycles. The van der Waals surface area contributed by atoms with Crippen molar-refractivity contribution in [3.05, 3.63) is 50.7 Å². The molecule has 3 rings (SSSR count). The fraction of sp³-hybridized carbons (Fsp3) is 0.200. The summed E-state index contributed by atoms with van der Waals surface area (Å²) >= 11 is 5.07. The quantitative estimate of drug-likeness (QED) is 0.758. The van der Waals surface area contributed by atoms with E-state index in [0.717, 1.165) is 26.5 Å². The van der Waals surface area contributed by atoms with E-state index in [4.69, 9.17) is 0 Å².